The highest BCUT2D eigenvalue weighted by Crippen LogP contribution is 2.35. The van der Waals surface area contributed by atoms with E-state index in [2.05, 4.69) is 4.98 Å². The van der Waals surface area contributed by atoms with E-state index in [1.54, 1.807) is 23.1 Å². The summed E-state index contributed by atoms with van der Waals surface area (Å²) in [6, 6.07) is 7.17. The first kappa shape index (κ1) is 21.5. The molecule has 4 nitrogen and oxygen atoms in total. The zero-order valence-corrected chi connectivity index (χ0v) is 16.8. The number of nitrogens with two attached hydrogens (primary N) is 1. The minimum Gasteiger partial charge on any atom is -0.364 e. The Kier molecular flexibility index (Phi) is 5.83. The number of likely N-dealkylation sites (tertiary alicyclic amines) is 1. The molecule has 1 aliphatic heterocycles. The van der Waals surface area contributed by atoms with E-state index in [1.165, 1.54) is 12.2 Å². The summed E-state index contributed by atoms with van der Waals surface area (Å²) in [5.74, 6) is -2.40. The summed E-state index contributed by atoms with van der Waals surface area (Å²) >= 11 is 0. The van der Waals surface area contributed by atoms with Gasteiger partial charge in [-0.05, 0) is 61.2 Å². The van der Waals surface area contributed by atoms with E-state index >= 15 is 0 Å². The lowest BCUT2D eigenvalue weighted by Gasteiger charge is -2.33. The van der Waals surface area contributed by atoms with E-state index in [0.29, 0.717) is 31.4 Å². The van der Waals surface area contributed by atoms with Gasteiger partial charge in [0.1, 0.15) is 11.5 Å². The summed E-state index contributed by atoms with van der Waals surface area (Å²) in [6.07, 6.45) is 1.56. The van der Waals surface area contributed by atoms with Crippen molar-refractivity contribution in [1.82, 2.24) is 9.88 Å². The summed E-state index contributed by atoms with van der Waals surface area (Å²) in [6.45, 7) is 0.958. The Labute approximate surface area is 177 Å². The first-order valence-corrected chi connectivity index (χ1v) is 10.3. The zero-order chi connectivity index (χ0) is 22.2. The first-order valence-electron chi connectivity index (χ1n) is 10.3. The van der Waals surface area contributed by atoms with Gasteiger partial charge in [0.25, 0.3) is 5.91 Å². The van der Waals surface area contributed by atoms with Crippen molar-refractivity contribution in [1.29, 1.82) is 0 Å². The van der Waals surface area contributed by atoms with Gasteiger partial charge in [0.15, 0.2) is 0 Å². The lowest BCUT2D eigenvalue weighted by molar-refractivity contribution is -0.187. The van der Waals surface area contributed by atoms with Crippen molar-refractivity contribution in [3.63, 3.8) is 0 Å². The molecule has 0 radical (unpaired) electrons. The van der Waals surface area contributed by atoms with Crippen molar-refractivity contribution in [2.24, 2.45) is 11.7 Å². The number of alkyl halides is 3. The van der Waals surface area contributed by atoms with Crippen molar-refractivity contribution < 1.29 is 22.4 Å². The van der Waals surface area contributed by atoms with Gasteiger partial charge < -0.3 is 5.73 Å². The molecule has 2 aromatic rings. The number of rotatable bonds is 4. The van der Waals surface area contributed by atoms with Gasteiger partial charge in [-0.2, -0.15) is 13.2 Å². The average molecular weight is 433 g/mol. The lowest BCUT2D eigenvalue weighted by atomic mass is 9.89. The molecule has 2 unspecified atom stereocenters. The number of halogens is 4. The summed E-state index contributed by atoms with van der Waals surface area (Å²) in [7, 11) is 0. The van der Waals surface area contributed by atoms with Gasteiger partial charge in [-0.1, -0.05) is 18.2 Å². The third-order valence-corrected chi connectivity index (χ3v) is 5.99. The predicted molar refractivity (Wildman–Crippen MR) is 110 cm³/mol. The number of aromatic nitrogens is 1. The SMILES string of the molecule is NC(=O)c1cc(C2C=CC(F)=CC2)c2ccc(CN3CCCC(C(F)(F)F)C3)cc2n1. The Morgan fingerprint density at radius 1 is 1.26 bits per heavy atom. The van der Waals surface area contributed by atoms with Gasteiger partial charge in [-0.15, -0.1) is 0 Å². The maximum atomic E-state index is 13.4. The van der Waals surface area contributed by atoms with Gasteiger partial charge in [0.05, 0.1) is 11.4 Å². The fourth-order valence-corrected chi connectivity index (χ4v) is 4.38. The molecule has 0 spiro atoms. The highest BCUT2D eigenvalue weighted by atomic mass is 19.4. The Morgan fingerprint density at radius 3 is 2.74 bits per heavy atom. The Hall–Kier alpha value is -2.74. The largest absolute Gasteiger partial charge is 0.393 e. The molecule has 2 atom stereocenters. The van der Waals surface area contributed by atoms with Crippen LogP contribution in [-0.4, -0.2) is 35.1 Å². The topological polar surface area (TPSA) is 59.2 Å². The minimum absolute atomic E-state index is 0.0215. The number of primary amides is 1. The monoisotopic (exact) mass is 433 g/mol. The van der Waals surface area contributed by atoms with Gasteiger partial charge in [0.2, 0.25) is 0 Å². The molecule has 1 aromatic carbocycles. The number of piperidine rings is 1. The van der Waals surface area contributed by atoms with Gasteiger partial charge in [-0.3, -0.25) is 9.69 Å². The molecule has 2 aliphatic rings. The Morgan fingerprint density at radius 2 is 2.06 bits per heavy atom. The fourth-order valence-electron chi connectivity index (χ4n) is 4.38. The van der Waals surface area contributed by atoms with E-state index in [4.69, 9.17) is 5.73 Å². The smallest absolute Gasteiger partial charge is 0.364 e. The van der Waals surface area contributed by atoms with Crippen LogP contribution in [0.2, 0.25) is 0 Å². The molecule has 0 saturated carbocycles. The van der Waals surface area contributed by atoms with Crippen LogP contribution in [0.3, 0.4) is 0 Å². The number of fused-ring (bicyclic) bond motifs is 1. The number of carbonyl (C=O) groups is 1. The van der Waals surface area contributed by atoms with E-state index in [-0.39, 0.29) is 30.4 Å². The van der Waals surface area contributed by atoms with Gasteiger partial charge >= 0.3 is 6.18 Å². The summed E-state index contributed by atoms with van der Waals surface area (Å²) in [5, 5.41) is 0.811. The highest BCUT2D eigenvalue weighted by Gasteiger charge is 2.41. The van der Waals surface area contributed by atoms with Crippen LogP contribution < -0.4 is 5.73 Å². The number of nitrogens with zero attached hydrogens (tertiary/aromatic N) is 2. The van der Waals surface area contributed by atoms with Crippen LogP contribution in [0.1, 0.15) is 46.8 Å². The van der Waals surface area contributed by atoms with E-state index in [1.807, 2.05) is 12.1 Å². The molecule has 164 valence electrons. The van der Waals surface area contributed by atoms with E-state index in [9.17, 15) is 22.4 Å². The molecule has 2 N–H and O–H groups in total. The lowest BCUT2D eigenvalue weighted by Crippen LogP contribution is -2.41. The molecular formula is C23H23F4N3O. The van der Waals surface area contributed by atoms with Crippen molar-refractivity contribution in [2.75, 3.05) is 13.1 Å². The van der Waals surface area contributed by atoms with E-state index in [0.717, 1.165) is 16.5 Å². The van der Waals surface area contributed by atoms with Crippen LogP contribution in [0.4, 0.5) is 17.6 Å². The third kappa shape index (κ3) is 4.79. The standard InChI is InChI=1S/C23H23F4N3O/c24-17-6-4-15(5-7-17)19-11-21(22(28)31)29-20-10-14(3-8-18(19)20)12-30-9-1-2-16(13-30)23(25,26)27/h3-4,6-8,10-11,15-16H,1-2,5,9,12-13H2,(H2,28,31). The van der Waals surface area contributed by atoms with Crippen LogP contribution in [0.5, 0.6) is 0 Å². The molecule has 1 amide bonds. The number of amides is 1. The Bertz CT molecular complexity index is 1060. The number of benzene rings is 1. The van der Waals surface area contributed by atoms with Crippen LogP contribution >= 0.6 is 0 Å². The summed E-state index contributed by atoms with van der Waals surface area (Å²) in [4.78, 5) is 18.0. The number of carbonyl (C=O) groups excluding carboxylic acids is 1. The number of hydrogen-bond donors (Lipinski definition) is 1. The van der Waals surface area contributed by atoms with E-state index < -0.39 is 18.0 Å². The molecule has 0 bridgehead atoms. The molecule has 1 aliphatic carbocycles. The molecule has 2 heterocycles. The average Bonchev–Trinajstić information content (AvgIpc) is 2.73. The third-order valence-electron chi connectivity index (χ3n) is 5.99. The molecule has 8 heteroatoms. The maximum absolute atomic E-state index is 13.4. The maximum Gasteiger partial charge on any atom is 0.393 e. The van der Waals surface area contributed by atoms with Crippen LogP contribution in [0.25, 0.3) is 10.9 Å². The van der Waals surface area contributed by atoms with Crippen molar-refractivity contribution in [2.45, 2.75) is 37.9 Å². The van der Waals surface area contributed by atoms with Crippen molar-refractivity contribution in [3.05, 3.63) is 65.1 Å². The van der Waals surface area contributed by atoms with Crippen LogP contribution in [0, 0.1) is 5.92 Å². The number of hydrogen-bond acceptors (Lipinski definition) is 3. The van der Waals surface area contributed by atoms with Gasteiger partial charge in [0, 0.05) is 24.4 Å². The van der Waals surface area contributed by atoms with Crippen molar-refractivity contribution in [3.8, 4) is 0 Å². The predicted octanol–water partition coefficient (Wildman–Crippen LogP) is 5.00. The molecule has 1 fully saturated rings. The first-order chi connectivity index (χ1) is 14.7. The van der Waals surface area contributed by atoms with Crippen molar-refractivity contribution >= 4 is 16.8 Å². The highest BCUT2D eigenvalue weighted by molar-refractivity contribution is 5.95. The summed E-state index contributed by atoms with van der Waals surface area (Å²) in [5.41, 5.74) is 7.76. The Balaban J connectivity index is 1.64. The second kappa shape index (κ2) is 8.42. The second-order valence-electron chi connectivity index (χ2n) is 8.22. The minimum atomic E-state index is -4.18. The number of pyridine rings is 1. The molecule has 4 rings (SSSR count). The molecular weight excluding hydrogens is 410 g/mol. The summed E-state index contributed by atoms with van der Waals surface area (Å²) < 4.78 is 52.7. The normalized spacial score (nSPS) is 22.5. The van der Waals surface area contributed by atoms with Crippen LogP contribution in [-0.2, 0) is 6.54 Å². The quantitative estimate of drug-likeness (QED) is 0.690. The molecule has 31 heavy (non-hydrogen) atoms. The second-order valence-corrected chi connectivity index (χ2v) is 8.22. The zero-order valence-electron chi connectivity index (χ0n) is 16.8. The van der Waals surface area contributed by atoms with Crippen LogP contribution in [0.15, 0.2) is 48.3 Å². The number of allylic oxidation sites excluding steroid dienone is 4. The fraction of sp³-hybridized carbons (Fsp3) is 0.391. The van der Waals surface area contributed by atoms with Gasteiger partial charge in [-0.25, -0.2) is 9.37 Å². The molecule has 1 aromatic heterocycles. The molecule has 1 saturated heterocycles.